The zero-order valence-corrected chi connectivity index (χ0v) is 10.8. The maximum atomic E-state index is 13.2. The summed E-state index contributed by atoms with van der Waals surface area (Å²) in [6.45, 7) is 1.64. The van der Waals surface area contributed by atoms with Gasteiger partial charge in [-0.15, -0.1) is 0 Å². The fraction of sp³-hybridized carbons (Fsp3) is 0.0714. The Hall–Kier alpha value is -2.07. The van der Waals surface area contributed by atoms with Gasteiger partial charge in [0.05, 0.1) is 11.3 Å². The van der Waals surface area contributed by atoms with Gasteiger partial charge in [0.2, 0.25) is 0 Å². The van der Waals surface area contributed by atoms with Crippen LogP contribution in [0.25, 0.3) is 0 Å². The van der Waals surface area contributed by atoms with E-state index >= 15 is 0 Å². The standard InChI is InChI=1S/C14H11ClFNO2/c1-8-6-10(3-4-12(8)16)17-13-5-2-9(15)7-11(13)14(18)19/h2-7,17H,1H3,(H,18,19). The number of aromatic carboxylic acids is 1. The molecule has 0 aliphatic carbocycles. The molecule has 2 N–H and O–H groups in total. The minimum atomic E-state index is -1.08. The fourth-order valence-electron chi connectivity index (χ4n) is 1.68. The summed E-state index contributed by atoms with van der Waals surface area (Å²) in [4.78, 5) is 11.1. The molecule has 0 atom stereocenters. The Morgan fingerprint density at radius 2 is 2.00 bits per heavy atom. The summed E-state index contributed by atoms with van der Waals surface area (Å²) >= 11 is 5.77. The van der Waals surface area contributed by atoms with Gasteiger partial charge >= 0.3 is 5.97 Å². The molecular weight excluding hydrogens is 269 g/mol. The predicted molar refractivity (Wildman–Crippen MR) is 72.8 cm³/mol. The quantitative estimate of drug-likeness (QED) is 0.884. The number of hydrogen-bond donors (Lipinski definition) is 2. The van der Waals surface area contributed by atoms with Gasteiger partial charge in [-0.05, 0) is 48.9 Å². The lowest BCUT2D eigenvalue weighted by molar-refractivity contribution is 0.0698. The van der Waals surface area contributed by atoms with Crippen LogP contribution in [0.4, 0.5) is 15.8 Å². The molecule has 0 aliphatic heterocycles. The number of carboxylic acid groups (broad SMARTS) is 1. The number of aryl methyl sites for hydroxylation is 1. The summed E-state index contributed by atoms with van der Waals surface area (Å²) < 4.78 is 13.2. The summed E-state index contributed by atoms with van der Waals surface area (Å²) in [6, 6.07) is 9.01. The summed E-state index contributed by atoms with van der Waals surface area (Å²) in [5.74, 6) is -1.39. The molecule has 0 radical (unpaired) electrons. The molecule has 0 heterocycles. The zero-order chi connectivity index (χ0) is 14.0. The second kappa shape index (κ2) is 5.28. The Bertz CT molecular complexity index is 643. The number of carbonyl (C=O) groups is 1. The minimum Gasteiger partial charge on any atom is -0.478 e. The molecule has 0 fully saturated rings. The summed E-state index contributed by atoms with van der Waals surface area (Å²) in [5.41, 5.74) is 1.57. The Labute approximate surface area is 114 Å². The maximum Gasteiger partial charge on any atom is 0.337 e. The van der Waals surface area contributed by atoms with Crippen molar-refractivity contribution >= 4 is 28.9 Å². The van der Waals surface area contributed by atoms with Gasteiger partial charge < -0.3 is 10.4 Å². The van der Waals surface area contributed by atoms with Crippen molar-refractivity contribution in [2.45, 2.75) is 6.92 Å². The molecule has 0 saturated carbocycles. The molecule has 5 heteroatoms. The molecule has 19 heavy (non-hydrogen) atoms. The van der Waals surface area contributed by atoms with Crippen molar-refractivity contribution in [3.8, 4) is 0 Å². The number of benzene rings is 2. The summed E-state index contributed by atoms with van der Waals surface area (Å²) in [7, 11) is 0. The van der Waals surface area contributed by atoms with Crippen LogP contribution in [0.5, 0.6) is 0 Å². The van der Waals surface area contributed by atoms with E-state index in [4.69, 9.17) is 16.7 Å². The lowest BCUT2D eigenvalue weighted by atomic mass is 10.1. The number of anilines is 2. The van der Waals surface area contributed by atoms with Crippen LogP contribution < -0.4 is 5.32 Å². The van der Waals surface area contributed by atoms with Crippen LogP contribution in [0.1, 0.15) is 15.9 Å². The average molecular weight is 280 g/mol. The van der Waals surface area contributed by atoms with Gasteiger partial charge in [-0.1, -0.05) is 11.6 Å². The molecule has 0 saturated heterocycles. The zero-order valence-electron chi connectivity index (χ0n) is 10.1. The Morgan fingerprint density at radius 3 is 2.63 bits per heavy atom. The largest absolute Gasteiger partial charge is 0.478 e. The van der Waals surface area contributed by atoms with Crippen molar-refractivity contribution in [3.63, 3.8) is 0 Å². The van der Waals surface area contributed by atoms with Crippen molar-refractivity contribution in [1.82, 2.24) is 0 Å². The summed E-state index contributed by atoms with van der Waals surface area (Å²) in [6.07, 6.45) is 0. The van der Waals surface area contributed by atoms with Crippen molar-refractivity contribution in [2.24, 2.45) is 0 Å². The summed E-state index contributed by atoms with van der Waals surface area (Å²) in [5, 5.41) is 12.4. The third-order valence-electron chi connectivity index (χ3n) is 2.65. The van der Waals surface area contributed by atoms with Crippen LogP contribution in [0.2, 0.25) is 5.02 Å². The van der Waals surface area contributed by atoms with Crippen LogP contribution in [-0.2, 0) is 0 Å². The van der Waals surface area contributed by atoms with Crippen LogP contribution >= 0.6 is 11.6 Å². The first kappa shape index (κ1) is 13.4. The van der Waals surface area contributed by atoms with E-state index in [-0.39, 0.29) is 11.4 Å². The third-order valence-corrected chi connectivity index (χ3v) is 2.88. The fourth-order valence-corrected chi connectivity index (χ4v) is 1.85. The van der Waals surface area contributed by atoms with Crippen LogP contribution in [-0.4, -0.2) is 11.1 Å². The Morgan fingerprint density at radius 1 is 1.26 bits per heavy atom. The Balaban J connectivity index is 2.37. The topological polar surface area (TPSA) is 49.3 Å². The SMILES string of the molecule is Cc1cc(Nc2ccc(Cl)cc2C(=O)O)ccc1F. The van der Waals surface area contributed by atoms with E-state index in [0.29, 0.717) is 22.0 Å². The van der Waals surface area contributed by atoms with E-state index in [0.717, 1.165) is 0 Å². The number of rotatable bonds is 3. The van der Waals surface area contributed by atoms with Gasteiger partial charge in [-0.25, -0.2) is 9.18 Å². The van der Waals surface area contributed by atoms with Gasteiger partial charge in [0.1, 0.15) is 5.82 Å². The highest BCUT2D eigenvalue weighted by atomic mass is 35.5. The molecule has 2 aromatic carbocycles. The first-order valence-electron chi connectivity index (χ1n) is 5.53. The van der Waals surface area contributed by atoms with Gasteiger partial charge in [0.15, 0.2) is 0 Å². The molecule has 2 rings (SSSR count). The third kappa shape index (κ3) is 3.03. The van der Waals surface area contributed by atoms with E-state index in [2.05, 4.69) is 5.32 Å². The molecular formula is C14H11ClFNO2. The van der Waals surface area contributed by atoms with Crippen molar-refractivity contribution < 1.29 is 14.3 Å². The molecule has 0 aromatic heterocycles. The molecule has 0 unspecified atom stereocenters. The molecule has 0 bridgehead atoms. The van der Waals surface area contributed by atoms with Crippen molar-refractivity contribution in [3.05, 3.63) is 58.4 Å². The molecule has 0 aliphatic rings. The number of nitrogens with one attached hydrogen (secondary N) is 1. The van der Waals surface area contributed by atoms with Crippen LogP contribution in [0, 0.1) is 12.7 Å². The minimum absolute atomic E-state index is 0.0643. The molecule has 98 valence electrons. The maximum absolute atomic E-state index is 13.2. The molecule has 3 nitrogen and oxygen atoms in total. The number of hydrogen-bond acceptors (Lipinski definition) is 2. The average Bonchev–Trinajstić information content (AvgIpc) is 2.36. The predicted octanol–water partition coefficient (Wildman–Crippen LogP) is 4.23. The number of carboxylic acids is 1. The lowest BCUT2D eigenvalue weighted by Gasteiger charge is -2.10. The first-order chi connectivity index (χ1) is 8.97. The van der Waals surface area contributed by atoms with Crippen molar-refractivity contribution in [2.75, 3.05) is 5.32 Å². The van der Waals surface area contributed by atoms with Crippen molar-refractivity contribution in [1.29, 1.82) is 0 Å². The van der Waals surface area contributed by atoms with Crippen LogP contribution in [0.15, 0.2) is 36.4 Å². The molecule has 0 amide bonds. The van der Waals surface area contributed by atoms with E-state index < -0.39 is 5.97 Å². The van der Waals surface area contributed by atoms with Gasteiger partial charge in [0, 0.05) is 10.7 Å². The van der Waals surface area contributed by atoms with Crippen LogP contribution in [0.3, 0.4) is 0 Å². The normalized spacial score (nSPS) is 10.3. The second-order valence-corrected chi connectivity index (χ2v) is 4.52. The highest BCUT2D eigenvalue weighted by Crippen LogP contribution is 2.25. The van der Waals surface area contributed by atoms with E-state index in [9.17, 15) is 9.18 Å². The smallest absolute Gasteiger partial charge is 0.337 e. The van der Waals surface area contributed by atoms with Gasteiger partial charge in [0.25, 0.3) is 0 Å². The van der Waals surface area contributed by atoms with E-state index in [1.165, 1.54) is 12.1 Å². The monoisotopic (exact) mass is 279 g/mol. The highest BCUT2D eigenvalue weighted by Gasteiger charge is 2.11. The van der Waals surface area contributed by atoms with Gasteiger partial charge in [-0.2, -0.15) is 0 Å². The second-order valence-electron chi connectivity index (χ2n) is 4.08. The highest BCUT2D eigenvalue weighted by molar-refractivity contribution is 6.31. The van der Waals surface area contributed by atoms with E-state index in [1.54, 1.807) is 31.2 Å². The first-order valence-corrected chi connectivity index (χ1v) is 5.91. The number of halogens is 2. The van der Waals surface area contributed by atoms with E-state index in [1.807, 2.05) is 0 Å². The lowest BCUT2D eigenvalue weighted by Crippen LogP contribution is -2.03. The Kier molecular flexibility index (Phi) is 3.71. The van der Waals surface area contributed by atoms with Gasteiger partial charge in [-0.3, -0.25) is 0 Å². The molecule has 2 aromatic rings. The molecule has 0 spiro atoms.